The molecule has 0 bridgehead atoms. The Morgan fingerprint density at radius 1 is 1.31 bits per heavy atom. The second kappa shape index (κ2) is 4.33. The maximum atomic E-state index is 4.42. The van der Waals surface area contributed by atoms with Crippen molar-refractivity contribution in [2.24, 2.45) is 0 Å². The van der Waals surface area contributed by atoms with Gasteiger partial charge in [0.1, 0.15) is 0 Å². The first-order valence-electron chi connectivity index (χ1n) is 4.76. The predicted octanol–water partition coefficient (Wildman–Crippen LogP) is 1.76. The van der Waals surface area contributed by atoms with Gasteiger partial charge in [-0.1, -0.05) is 0 Å². The molecule has 0 atom stereocenters. The Bertz CT molecular complexity index is 590. The summed E-state index contributed by atoms with van der Waals surface area (Å²) >= 11 is 1.68. The molecule has 0 saturated heterocycles. The molecule has 3 rings (SSSR count). The van der Waals surface area contributed by atoms with Gasteiger partial charge in [-0.25, -0.2) is 0 Å². The van der Waals surface area contributed by atoms with Crippen LogP contribution < -0.4 is 5.32 Å². The molecular formula is C10H8N4SSe. The fourth-order valence-corrected chi connectivity index (χ4v) is 3.15. The third kappa shape index (κ3) is 1.87. The van der Waals surface area contributed by atoms with E-state index in [1.165, 1.54) is 4.88 Å². The average Bonchev–Trinajstić information content (AvgIpc) is 2.97. The topological polar surface area (TPSA) is 50.7 Å². The van der Waals surface area contributed by atoms with Gasteiger partial charge in [0.15, 0.2) is 0 Å². The van der Waals surface area contributed by atoms with E-state index in [1.807, 2.05) is 29.9 Å². The van der Waals surface area contributed by atoms with Crippen molar-refractivity contribution in [1.82, 2.24) is 12.9 Å². The van der Waals surface area contributed by atoms with Gasteiger partial charge in [-0.3, -0.25) is 0 Å². The molecule has 1 aromatic carbocycles. The van der Waals surface area contributed by atoms with Gasteiger partial charge < -0.3 is 0 Å². The van der Waals surface area contributed by atoms with Crippen LogP contribution in [0, 0.1) is 0 Å². The molecule has 1 N–H and O–H groups in total. The van der Waals surface area contributed by atoms with Crippen molar-refractivity contribution in [3.8, 4) is 0 Å². The van der Waals surface area contributed by atoms with Gasteiger partial charge in [-0.2, -0.15) is 0 Å². The molecule has 6 heteroatoms. The second-order valence-corrected chi connectivity index (χ2v) is 5.34. The standard InChI is InChI=1S/C10H8N4SSe/c1-2-8(10-9(3-1)13-16-14-10)12-5-7-4-11-6-15-7/h1-4,6,12H,5H2. The summed E-state index contributed by atoms with van der Waals surface area (Å²) in [6.45, 7) is 0.795. The Morgan fingerprint density at radius 2 is 2.31 bits per heavy atom. The van der Waals surface area contributed by atoms with Crippen LogP contribution >= 0.6 is 11.3 Å². The third-order valence-corrected chi connectivity index (χ3v) is 4.14. The van der Waals surface area contributed by atoms with E-state index in [4.69, 9.17) is 0 Å². The van der Waals surface area contributed by atoms with E-state index in [-0.39, 0.29) is 15.0 Å². The van der Waals surface area contributed by atoms with E-state index in [1.54, 1.807) is 11.3 Å². The predicted molar refractivity (Wildman–Crippen MR) is 65.9 cm³/mol. The van der Waals surface area contributed by atoms with Crippen LogP contribution in [0.3, 0.4) is 0 Å². The maximum absolute atomic E-state index is 4.42. The van der Waals surface area contributed by atoms with E-state index in [0.717, 1.165) is 23.3 Å². The molecule has 0 aliphatic rings. The van der Waals surface area contributed by atoms with Crippen molar-refractivity contribution in [2.45, 2.75) is 6.54 Å². The number of nitrogens with zero attached hydrogens (tertiary/aromatic N) is 3. The third-order valence-electron chi connectivity index (χ3n) is 2.22. The van der Waals surface area contributed by atoms with Crippen molar-refractivity contribution in [2.75, 3.05) is 5.32 Å². The molecule has 0 radical (unpaired) electrons. The quantitative estimate of drug-likeness (QED) is 0.748. The normalized spacial score (nSPS) is 10.8. The molecule has 80 valence electrons. The van der Waals surface area contributed by atoms with Crippen molar-refractivity contribution in [1.29, 1.82) is 0 Å². The van der Waals surface area contributed by atoms with Gasteiger partial charge in [0.25, 0.3) is 0 Å². The Kier molecular flexibility index (Phi) is 2.70. The zero-order valence-electron chi connectivity index (χ0n) is 8.25. The van der Waals surface area contributed by atoms with E-state index >= 15 is 0 Å². The molecule has 2 aromatic heterocycles. The van der Waals surface area contributed by atoms with Gasteiger partial charge in [0.05, 0.1) is 0 Å². The molecule has 0 fully saturated rings. The fraction of sp³-hybridized carbons (Fsp3) is 0.100. The van der Waals surface area contributed by atoms with E-state index < -0.39 is 0 Å². The summed E-state index contributed by atoms with van der Waals surface area (Å²) in [6, 6.07) is 6.06. The van der Waals surface area contributed by atoms with Crippen molar-refractivity contribution >= 4 is 43.0 Å². The second-order valence-electron chi connectivity index (χ2n) is 3.26. The van der Waals surface area contributed by atoms with Crippen LogP contribution in [0.2, 0.25) is 0 Å². The number of fused-ring (bicyclic) bond motifs is 1. The molecule has 0 amide bonds. The molecule has 0 aliphatic carbocycles. The molecule has 2 heterocycles. The van der Waals surface area contributed by atoms with Crippen molar-refractivity contribution in [3.63, 3.8) is 0 Å². The fourth-order valence-electron chi connectivity index (χ4n) is 1.46. The Labute approximate surface area is 103 Å². The summed E-state index contributed by atoms with van der Waals surface area (Å²) in [5.41, 5.74) is 4.92. The molecule has 4 nitrogen and oxygen atoms in total. The first-order chi connectivity index (χ1) is 7.93. The minimum absolute atomic E-state index is 0.0323. The number of hydrogen-bond donors (Lipinski definition) is 1. The molecule has 0 saturated carbocycles. The van der Waals surface area contributed by atoms with Gasteiger partial charge >= 0.3 is 103 Å². The number of aromatic nitrogens is 3. The number of thiazole rings is 1. The molecule has 0 spiro atoms. The average molecular weight is 295 g/mol. The van der Waals surface area contributed by atoms with Gasteiger partial charge in [-0.15, -0.1) is 0 Å². The van der Waals surface area contributed by atoms with Gasteiger partial charge in [0.2, 0.25) is 0 Å². The van der Waals surface area contributed by atoms with E-state index in [0.29, 0.717) is 0 Å². The minimum atomic E-state index is 0.0323. The van der Waals surface area contributed by atoms with Gasteiger partial charge in [0, 0.05) is 0 Å². The number of rotatable bonds is 3. The van der Waals surface area contributed by atoms with Crippen LogP contribution in [0.4, 0.5) is 5.69 Å². The SMILES string of the molecule is c1cc(NCc2cncs2)c2n[se]nc2c1. The van der Waals surface area contributed by atoms with Crippen LogP contribution in [0.25, 0.3) is 11.0 Å². The molecule has 16 heavy (non-hydrogen) atoms. The van der Waals surface area contributed by atoms with Gasteiger partial charge in [-0.05, 0) is 0 Å². The first kappa shape index (κ1) is 9.96. The summed E-state index contributed by atoms with van der Waals surface area (Å²) in [5, 5.41) is 3.37. The monoisotopic (exact) mass is 296 g/mol. The zero-order valence-corrected chi connectivity index (χ0v) is 10.8. The van der Waals surface area contributed by atoms with Crippen LogP contribution in [0.15, 0.2) is 29.9 Å². The molecular weight excluding hydrogens is 287 g/mol. The van der Waals surface area contributed by atoms with Crippen molar-refractivity contribution < 1.29 is 0 Å². The van der Waals surface area contributed by atoms with Crippen LogP contribution in [-0.2, 0) is 6.54 Å². The Hall–Kier alpha value is -1.23. The summed E-state index contributed by atoms with van der Waals surface area (Å²) in [6.07, 6.45) is 1.88. The number of anilines is 1. The van der Waals surface area contributed by atoms with Crippen LogP contribution in [-0.4, -0.2) is 27.9 Å². The Balaban J connectivity index is 1.86. The van der Waals surface area contributed by atoms with E-state index in [9.17, 15) is 0 Å². The summed E-state index contributed by atoms with van der Waals surface area (Å²) in [5.74, 6) is 0. The van der Waals surface area contributed by atoms with E-state index in [2.05, 4.69) is 18.3 Å². The summed E-state index contributed by atoms with van der Waals surface area (Å²) in [7, 11) is 0. The molecule has 0 unspecified atom stereocenters. The molecule has 3 aromatic rings. The van der Waals surface area contributed by atoms with Crippen LogP contribution in [0.5, 0.6) is 0 Å². The first-order valence-corrected chi connectivity index (χ1v) is 7.17. The molecule has 0 aliphatic heterocycles. The summed E-state index contributed by atoms with van der Waals surface area (Å²) in [4.78, 5) is 5.27. The zero-order chi connectivity index (χ0) is 10.8. The number of hydrogen-bond acceptors (Lipinski definition) is 5. The van der Waals surface area contributed by atoms with Crippen LogP contribution in [0.1, 0.15) is 4.88 Å². The van der Waals surface area contributed by atoms with Crippen molar-refractivity contribution in [3.05, 3.63) is 34.8 Å². The summed E-state index contributed by atoms with van der Waals surface area (Å²) < 4.78 is 8.77. The number of nitrogens with one attached hydrogen (secondary N) is 1. The Morgan fingerprint density at radius 3 is 3.19 bits per heavy atom. The number of benzene rings is 1.